The van der Waals surface area contributed by atoms with Crippen LogP contribution in [0.3, 0.4) is 0 Å². The fourth-order valence-electron chi connectivity index (χ4n) is 3.60. The SMILES string of the molecule is COc1cc(/C(O)=C2\C(=O)C(=O)N(Cc3ccco3)C2c2ccccc2F)ccc1Cl. The number of ether oxygens (including phenoxy) is 1. The molecule has 0 bridgehead atoms. The van der Waals surface area contributed by atoms with Crippen molar-refractivity contribution < 1.29 is 28.2 Å². The summed E-state index contributed by atoms with van der Waals surface area (Å²) in [5, 5.41) is 11.3. The van der Waals surface area contributed by atoms with Gasteiger partial charge in [-0.2, -0.15) is 0 Å². The number of aliphatic hydroxyl groups is 1. The summed E-state index contributed by atoms with van der Waals surface area (Å²) in [5.74, 6) is -2.17. The number of rotatable bonds is 5. The van der Waals surface area contributed by atoms with Gasteiger partial charge in [0.2, 0.25) is 0 Å². The molecular weight excluding hydrogens is 425 g/mol. The van der Waals surface area contributed by atoms with E-state index in [9.17, 15) is 19.1 Å². The summed E-state index contributed by atoms with van der Waals surface area (Å²) in [4.78, 5) is 27.0. The van der Waals surface area contributed by atoms with Gasteiger partial charge < -0.3 is 19.2 Å². The number of Topliss-reactive ketones (excluding diaryl/α,β-unsaturated/α-hetero) is 1. The van der Waals surface area contributed by atoms with Gasteiger partial charge in [-0.15, -0.1) is 0 Å². The van der Waals surface area contributed by atoms with Crippen molar-refractivity contribution in [1.82, 2.24) is 4.90 Å². The maximum atomic E-state index is 14.7. The minimum absolute atomic E-state index is 0.0721. The number of likely N-dealkylation sites (tertiary alicyclic amines) is 1. The summed E-state index contributed by atoms with van der Waals surface area (Å²) in [5.41, 5.74) is 0.0559. The number of benzene rings is 2. The summed E-state index contributed by atoms with van der Waals surface area (Å²) in [7, 11) is 1.41. The molecule has 0 aliphatic carbocycles. The molecule has 0 radical (unpaired) electrons. The standard InChI is InChI=1S/C23H17ClFNO5/c1-30-18-11-13(8-9-16(18)24)21(27)19-20(15-6-2-3-7-17(15)25)26(23(29)22(19)28)12-14-5-4-10-31-14/h2-11,20,27H,12H2,1H3/b21-19+. The van der Waals surface area contributed by atoms with Crippen LogP contribution in [0.1, 0.15) is 22.9 Å². The molecule has 1 atom stereocenters. The van der Waals surface area contributed by atoms with E-state index in [0.717, 1.165) is 0 Å². The molecule has 1 N–H and O–H groups in total. The van der Waals surface area contributed by atoms with Crippen LogP contribution in [-0.2, 0) is 16.1 Å². The fourth-order valence-corrected chi connectivity index (χ4v) is 3.79. The molecule has 1 aromatic heterocycles. The Morgan fingerprint density at radius 1 is 1.19 bits per heavy atom. The fraction of sp³-hybridized carbons (Fsp3) is 0.130. The quantitative estimate of drug-likeness (QED) is 0.352. The normalized spacial score (nSPS) is 17.9. The molecule has 0 spiro atoms. The number of furan rings is 1. The van der Waals surface area contributed by atoms with E-state index in [-0.39, 0.29) is 29.0 Å². The van der Waals surface area contributed by atoms with E-state index in [1.54, 1.807) is 18.2 Å². The molecule has 1 amide bonds. The lowest BCUT2D eigenvalue weighted by molar-refractivity contribution is -0.140. The van der Waals surface area contributed by atoms with Crippen molar-refractivity contribution in [2.75, 3.05) is 7.11 Å². The summed E-state index contributed by atoms with van der Waals surface area (Å²) in [6.45, 7) is -0.0721. The highest BCUT2D eigenvalue weighted by Crippen LogP contribution is 2.41. The third-order valence-electron chi connectivity index (χ3n) is 5.07. The van der Waals surface area contributed by atoms with E-state index in [1.165, 1.54) is 54.7 Å². The van der Waals surface area contributed by atoms with Gasteiger partial charge in [-0.3, -0.25) is 9.59 Å². The highest BCUT2D eigenvalue weighted by molar-refractivity contribution is 6.46. The zero-order valence-electron chi connectivity index (χ0n) is 16.3. The molecule has 8 heteroatoms. The summed E-state index contributed by atoms with van der Waals surface area (Å²) in [6, 6.07) is 12.4. The molecule has 31 heavy (non-hydrogen) atoms. The van der Waals surface area contributed by atoms with E-state index in [0.29, 0.717) is 10.8 Å². The van der Waals surface area contributed by atoms with Crippen molar-refractivity contribution in [1.29, 1.82) is 0 Å². The first-order valence-electron chi connectivity index (χ1n) is 9.31. The lowest BCUT2D eigenvalue weighted by Crippen LogP contribution is -2.29. The Hall–Kier alpha value is -3.58. The number of carbonyl (C=O) groups excluding carboxylic acids is 2. The molecule has 1 saturated heterocycles. The Bertz CT molecular complexity index is 1190. The highest BCUT2D eigenvalue weighted by atomic mass is 35.5. The van der Waals surface area contributed by atoms with Crippen molar-refractivity contribution in [3.8, 4) is 5.75 Å². The third kappa shape index (κ3) is 3.68. The maximum absolute atomic E-state index is 14.7. The van der Waals surface area contributed by atoms with Crippen LogP contribution in [-0.4, -0.2) is 28.8 Å². The Morgan fingerprint density at radius 2 is 1.97 bits per heavy atom. The predicted molar refractivity (Wildman–Crippen MR) is 111 cm³/mol. The molecule has 2 heterocycles. The molecule has 158 valence electrons. The molecule has 0 saturated carbocycles. The second-order valence-electron chi connectivity index (χ2n) is 6.88. The van der Waals surface area contributed by atoms with Crippen LogP contribution in [0.4, 0.5) is 4.39 Å². The van der Waals surface area contributed by atoms with Crippen molar-refractivity contribution in [2.24, 2.45) is 0 Å². The second-order valence-corrected chi connectivity index (χ2v) is 7.28. The van der Waals surface area contributed by atoms with E-state index in [2.05, 4.69) is 0 Å². The lowest BCUT2D eigenvalue weighted by Gasteiger charge is -2.24. The van der Waals surface area contributed by atoms with Crippen molar-refractivity contribution in [3.63, 3.8) is 0 Å². The Labute approximate surface area is 182 Å². The number of amides is 1. The summed E-state index contributed by atoms with van der Waals surface area (Å²) >= 11 is 6.05. The number of halogens is 2. The topological polar surface area (TPSA) is 80.0 Å². The first-order chi connectivity index (χ1) is 14.9. The molecule has 1 unspecified atom stereocenters. The second kappa shape index (κ2) is 8.28. The van der Waals surface area contributed by atoms with Gasteiger partial charge in [0, 0.05) is 11.1 Å². The minimum Gasteiger partial charge on any atom is -0.507 e. The number of aliphatic hydroxyl groups excluding tert-OH is 1. The zero-order valence-corrected chi connectivity index (χ0v) is 17.1. The van der Waals surface area contributed by atoms with Gasteiger partial charge >= 0.3 is 0 Å². The molecule has 4 rings (SSSR count). The Kier molecular flexibility index (Phi) is 5.52. The lowest BCUT2D eigenvalue weighted by atomic mass is 9.95. The van der Waals surface area contributed by atoms with Crippen LogP contribution >= 0.6 is 11.6 Å². The van der Waals surface area contributed by atoms with Crippen molar-refractivity contribution in [3.05, 3.63) is 94.2 Å². The van der Waals surface area contributed by atoms with Crippen LogP contribution in [0.2, 0.25) is 5.02 Å². The van der Waals surface area contributed by atoms with Gasteiger partial charge in [-0.05, 0) is 36.4 Å². The van der Waals surface area contributed by atoms with Gasteiger partial charge in [0.25, 0.3) is 11.7 Å². The average Bonchev–Trinajstić information content (AvgIpc) is 3.36. The third-order valence-corrected chi connectivity index (χ3v) is 5.38. The van der Waals surface area contributed by atoms with Crippen LogP contribution in [0.5, 0.6) is 5.75 Å². The Morgan fingerprint density at radius 3 is 2.65 bits per heavy atom. The summed E-state index contributed by atoms with van der Waals surface area (Å²) < 4.78 is 25.2. The first kappa shape index (κ1) is 20.7. The molecule has 1 aliphatic heterocycles. The van der Waals surface area contributed by atoms with Crippen molar-refractivity contribution in [2.45, 2.75) is 12.6 Å². The largest absolute Gasteiger partial charge is 0.507 e. The number of carbonyl (C=O) groups is 2. The molecule has 1 aliphatic rings. The van der Waals surface area contributed by atoms with Crippen LogP contribution in [0.25, 0.3) is 5.76 Å². The first-order valence-corrected chi connectivity index (χ1v) is 9.69. The number of hydrogen-bond acceptors (Lipinski definition) is 5. The molecule has 6 nitrogen and oxygen atoms in total. The number of methoxy groups -OCH3 is 1. The predicted octanol–water partition coefficient (Wildman–Crippen LogP) is 4.70. The highest BCUT2D eigenvalue weighted by Gasteiger charge is 2.47. The van der Waals surface area contributed by atoms with Gasteiger partial charge in [-0.25, -0.2) is 4.39 Å². The van der Waals surface area contributed by atoms with E-state index >= 15 is 0 Å². The number of nitrogens with zero attached hydrogens (tertiary/aromatic N) is 1. The van der Waals surface area contributed by atoms with Gasteiger partial charge in [-0.1, -0.05) is 29.8 Å². The summed E-state index contributed by atoms with van der Waals surface area (Å²) in [6.07, 6.45) is 1.43. The van der Waals surface area contributed by atoms with Crippen molar-refractivity contribution >= 4 is 29.1 Å². The number of hydrogen-bond donors (Lipinski definition) is 1. The maximum Gasteiger partial charge on any atom is 0.296 e. The molecule has 1 fully saturated rings. The van der Waals surface area contributed by atoms with Crippen LogP contribution in [0.15, 0.2) is 70.9 Å². The smallest absolute Gasteiger partial charge is 0.296 e. The van der Waals surface area contributed by atoms with Crippen LogP contribution in [0, 0.1) is 5.82 Å². The molecule has 3 aromatic rings. The minimum atomic E-state index is -1.15. The zero-order chi connectivity index (χ0) is 22.1. The van der Waals surface area contributed by atoms with Gasteiger partial charge in [0.15, 0.2) is 0 Å². The van der Waals surface area contributed by atoms with Gasteiger partial charge in [0.1, 0.15) is 23.1 Å². The van der Waals surface area contributed by atoms with E-state index in [1.807, 2.05) is 0 Å². The number of ketones is 1. The van der Waals surface area contributed by atoms with E-state index in [4.69, 9.17) is 20.8 Å². The van der Waals surface area contributed by atoms with E-state index < -0.39 is 29.3 Å². The molecule has 2 aromatic carbocycles. The average molecular weight is 442 g/mol. The monoisotopic (exact) mass is 441 g/mol. The molecular formula is C23H17ClFNO5. The van der Waals surface area contributed by atoms with Gasteiger partial charge in [0.05, 0.1) is 36.6 Å². The van der Waals surface area contributed by atoms with Crippen LogP contribution < -0.4 is 4.74 Å². The Balaban J connectivity index is 1.90.